The number of allylic oxidation sites excluding steroid dienone is 23. The van der Waals surface area contributed by atoms with E-state index < -0.39 is 12.1 Å². The molecule has 1 atom stereocenters. The summed E-state index contributed by atoms with van der Waals surface area (Å²) in [5, 5.41) is 0. The van der Waals surface area contributed by atoms with Gasteiger partial charge >= 0.3 is 17.9 Å². The van der Waals surface area contributed by atoms with E-state index in [0.717, 1.165) is 128 Å². The van der Waals surface area contributed by atoms with Gasteiger partial charge in [-0.3, -0.25) is 14.4 Å². The van der Waals surface area contributed by atoms with Gasteiger partial charge in [0, 0.05) is 12.8 Å². The molecule has 0 saturated carbocycles. The predicted octanol–water partition coefficient (Wildman–Crippen LogP) is 20.4. The third kappa shape index (κ3) is 58.2. The molecule has 0 radical (unpaired) electrons. The minimum Gasteiger partial charge on any atom is -0.462 e. The van der Waals surface area contributed by atoms with Crippen molar-refractivity contribution in [3.8, 4) is 0 Å². The van der Waals surface area contributed by atoms with Crippen molar-refractivity contribution in [1.82, 2.24) is 0 Å². The van der Waals surface area contributed by atoms with Crippen LogP contribution in [0.2, 0.25) is 0 Å². The standard InChI is InChI=1S/C68H108O6/c1-4-7-10-13-16-19-22-25-28-29-30-31-32-33-34-35-36-37-38-39-41-43-46-49-52-55-58-61-67(70)73-64-65(63-72-66(69)60-57-54-51-48-45-42-27-24-21-18-15-12-9-6-3)74-68(71)62-59-56-53-50-47-44-40-26-23-20-17-14-11-8-5-2/h7-8,10-11,16-17,19-20,25-26,28,30-31,33-34,36-37,39-41,47,50,56,59,65H,4-6,9,12-15,18,21-24,27,29,32,35,38,42-46,48-49,51-55,57-58,60-64H2,1-3H3/b10-7-,11-8-,19-16-,20-17-,28-25-,31-30-,34-33-,37-36-,40-26-,41-39-,50-47-,59-56-. The Balaban J connectivity index is 4.47. The first-order valence-electron chi connectivity index (χ1n) is 29.8. The molecule has 0 spiro atoms. The fourth-order valence-electron chi connectivity index (χ4n) is 7.73. The summed E-state index contributed by atoms with van der Waals surface area (Å²) in [5.74, 6) is -1.08. The quantitative estimate of drug-likeness (QED) is 0.0261. The van der Waals surface area contributed by atoms with Gasteiger partial charge < -0.3 is 14.2 Å². The van der Waals surface area contributed by atoms with Crippen molar-refractivity contribution in [3.05, 3.63) is 146 Å². The van der Waals surface area contributed by atoms with Gasteiger partial charge in [-0.2, -0.15) is 0 Å². The van der Waals surface area contributed by atoms with Crippen LogP contribution in [0.3, 0.4) is 0 Å². The Morgan fingerprint density at radius 3 is 0.892 bits per heavy atom. The number of carbonyl (C=O) groups excluding carboxylic acids is 3. The van der Waals surface area contributed by atoms with Gasteiger partial charge in [-0.25, -0.2) is 0 Å². The van der Waals surface area contributed by atoms with Crippen LogP contribution in [0.15, 0.2) is 146 Å². The molecule has 74 heavy (non-hydrogen) atoms. The van der Waals surface area contributed by atoms with E-state index in [1.165, 1.54) is 70.6 Å². The Bertz CT molecular complexity index is 1640. The maximum absolute atomic E-state index is 12.8. The van der Waals surface area contributed by atoms with Gasteiger partial charge in [0.15, 0.2) is 6.10 Å². The summed E-state index contributed by atoms with van der Waals surface area (Å²) >= 11 is 0. The smallest absolute Gasteiger partial charge is 0.310 e. The van der Waals surface area contributed by atoms with Crippen molar-refractivity contribution < 1.29 is 28.6 Å². The molecule has 0 aromatic heterocycles. The number of ether oxygens (including phenoxy) is 3. The fraction of sp³-hybridized carbons (Fsp3) is 0.603. The lowest BCUT2D eigenvalue weighted by atomic mass is 10.0. The van der Waals surface area contributed by atoms with Crippen LogP contribution in [-0.2, 0) is 28.6 Å². The molecule has 0 amide bonds. The van der Waals surface area contributed by atoms with Crippen LogP contribution in [-0.4, -0.2) is 37.2 Å². The molecule has 0 bridgehead atoms. The highest BCUT2D eigenvalue weighted by Crippen LogP contribution is 2.15. The molecular formula is C68H108O6. The Labute approximate surface area is 455 Å². The van der Waals surface area contributed by atoms with Crippen molar-refractivity contribution in [2.45, 2.75) is 252 Å². The number of hydrogen-bond acceptors (Lipinski definition) is 6. The van der Waals surface area contributed by atoms with Crippen molar-refractivity contribution >= 4 is 17.9 Å². The predicted molar refractivity (Wildman–Crippen MR) is 320 cm³/mol. The lowest BCUT2D eigenvalue weighted by molar-refractivity contribution is -0.166. The lowest BCUT2D eigenvalue weighted by Gasteiger charge is -2.18. The second-order valence-corrected chi connectivity index (χ2v) is 19.2. The number of esters is 3. The van der Waals surface area contributed by atoms with E-state index in [4.69, 9.17) is 14.2 Å². The Hall–Kier alpha value is -4.71. The average Bonchev–Trinajstić information content (AvgIpc) is 3.40. The summed E-state index contributed by atoms with van der Waals surface area (Å²) in [5.41, 5.74) is 0. The number of carbonyl (C=O) groups is 3. The molecule has 0 saturated heterocycles. The van der Waals surface area contributed by atoms with E-state index in [2.05, 4.69) is 154 Å². The molecule has 0 aliphatic heterocycles. The first kappa shape index (κ1) is 69.3. The Morgan fingerprint density at radius 2 is 0.568 bits per heavy atom. The van der Waals surface area contributed by atoms with Crippen molar-refractivity contribution in [3.63, 3.8) is 0 Å². The van der Waals surface area contributed by atoms with Crippen LogP contribution in [0.4, 0.5) is 0 Å². The molecule has 0 heterocycles. The SMILES string of the molecule is CC/C=C\C/C=C\C/C=C\C/C=C\C/C=C\C/C=C\C/C=C\CCCCCCCC(=O)OCC(COC(=O)CCCCCCCCCCCCCCCC)OC(=O)C/C=C\C/C=C\C/C=C\C/C=C\C/C=C\CC. The van der Waals surface area contributed by atoms with Crippen LogP contribution in [0.5, 0.6) is 0 Å². The molecule has 0 aromatic carbocycles. The van der Waals surface area contributed by atoms with Crippen LogP contribution in [0.25, 0.3) is 0 Å². The highest BCUT2D eigenvalue weighted by molar-refractivity contribution is 5.72. The van der Waals surface area contributed by atoms with Crippen LogP contribution in [0, 0.1) is 0 Å². The van der Waals surface area contributed by atoms with Crippen LogP contribution >= 0.6 is 0 Å². The van der Waals surface area contributed by atoms with Crippen molar-refractivity contribution in [2.75, 3.05) is 13.2 Å². The third-order valence-electron chi connectivity index (χ3n) is 12.1. The minimum atomic E-state index is -0.845. The maximum atomic E-state index is 12.8. The van der Waals surface area contributed by atoms with E-state index in [1.807, 2.05) is 6.08 Å². The van der Waals surface area contributed by atoms with Gasteiger partial charge in [0.2, 0.25) is 0 Å². The second kappa shape index (κ2) is 60.8. The first-order valence-corrected chi connectivity index (χ1v) is 29.8. The van der Waals surface area contributed by atoms with E-state index in [9.17, 15) is 14.4 Å². The topological polar surface area (TPSA) is 78.9 Å². The molecule has 0 rings (SSSR count). The molecule has 0 aliphatic rings. The summed E-state index contributed by atoms with van der Waals surface area (Å²) in [4.78, 5) is 38.1. The van der Waals surface area contributed by atoms with Gasteiger partial charge in [-0.15, -0.1) is 0 Å². The molecule has 6 heteroatoms. The molecule has 1 unspecified atom stereocenters. The first-order chi connectivity index (χ1) is 36.5. The zero-order valence-electron chi connectivity index (χ0n) is 47.5. The largest absolute Gasteiger partial charge is 0.462 e. The molecule has 416 valence electrons. The average molecular weight is 1020 g/mol. The van der Waals surface area contributed by atoms with Gasteiger partial charge in [0.25, 0.3) is 0 Å². The highest BCUT2D eigenvalue weighted by atomic mass is 16.6. The zero-order chi connectivity index (χ0) is 53.6. The monoisotopic (exact) mass is 1020 g/mol. The van der Waals surface area contributed by atoms with Gasteiger partial charge in [-0.05, 0) is 103 Å². The minimum absolute atomic E-state index is 0.0875. The van der Waals surface area contributed by atoms with Gasteiger partial charge in [0.1, 0.15) is 13.2 Å². The van der Waals surface area contributed by atoms with Crippen molar-refractivity contribution in [2.24, 2.45) is 0 Å². The van der Waals surface area contributed by atoms with E-state index in [1.54, 1.807) is 6.08 Å². The molecular weight excluding hydrogens is 913 g/mol. The van der Waals surface area contributed by atoms with E-state index in [0.29, 0.717) is 19.3 Å². The summed E-state index contributed by atoms with van der Waals surface area (Å²) < 4.78 is 16.7. The number of rotatable bonds is 52. The normalized spacial score (nSPS) is 13.2. The summed E-state index contributed by atoms with van der Waals surface area (Å²) in [6.45, 7) is 6.31. The van der Waals surface area contributed by atoms with Crippen molar-refractivity contribution in [1.29, 1.82) is 0 Å². The number of unbranched alkanes of at least 4 members (excludes halogenated alkanes) is 18. The molecule has 0 aliphatic carbocycles. The van der Waals surface area contributed by atoms with E-state index in [-0.39, 0.29) is 31.6 Å². The summed E-state index contributed by atoms with van der Waals surface area (Å²) in [6, 6.07) is 0. The highest BCUT2D eigenvalue weighted by Gasteiger charge is 2.19. The molecule has 0 fully saturated rings. The van der Waals surface area contributed by atoms with Gasteiger partial charge in [-0.1, -0.05) is 269 Å². The fourth-order valence-corrected chi connectivity index (χ4v) is 7.73. The summed E-state index contributed by atoms with van der Waals surface area (Å²) in [7, 11) is 0. The Kier molecular flexibility index (Phi) is 57.0. The molecule has 0 N–H and O–H groups in total. The molecule has 6 nitrogen and oxygen atoms in total. The van der Waals surface area contributed by atoms with Crippen LogP contribution < -0.4 is 0 Å². The third-order valence-corrected chi connectivity index (χ3v) is 12.1. The second-order valence-electron chi connectivity index (χ2n) is 19.2. The summed E-state index contributed by atoms with van der Waals surface area (Å²) in [6.07, 6.45) is 87.2. The Morgan fingerprint density at radius 1 is 0.297 bits per heavy atom. The number of hydrogen-bond donors (Lipinski definition) is 0. The van der Waals surface area contributed by atoms with Gasteiger partial charge in [0.05, 0.1) is 6.42 Å². The van der Waals surface area contributed by atoms with E-state index >= 15 is 0 Å². The maximum Gasteiger partial charge on any atom is 0.310 e. The lowest BCUT2D eigenvalue weighted by Crippen LogP contribution is -2.30. The van der Waals surface area contributed by atoms with Crippen LogP contribution in [0.1, 0.15) is 245 Å². The molecule has 0 aromatic rings. The zero-order valence-corrected chi connectivity index (χ0v) is 47.5.